The number of hydrazine groups is 1. The molecule has 3 aromatic heterocycles. The molecule has 0 aliphatic carbocycles. The van der Waals surface area contributed by atoms with Crippen molar-refractivity contribution in [1.82, 2.24) is 30.1 Å². The van der Waals surface area contributed by atoms with Crippen LogP contribution in [0.2, 0.25) is 5.02 Å². The number of nitrogens with zero attached hydrogens (tertiary/aromatic N) is 7. The van der Waals surface area contributed by atoms with Crippen molar-refractivity contribution in [3.63, 3.8) is 0 Å². The Morgan fingerprint density at radius 1 is 1.25 bits per heavy atom. The molecule has 1 aliphatic heterocycles. The number of ether oxygens (including phenoxy) is 1. The molecule has 1 aromatic carbocycles. The molecule has 0 bridgehead atoms. The van der Waals surface area contributed by atoms with Crippen LogP contribution in [0.15, 0.2) is 58.8 Å². The first-order chi connectivity index (χ1) is 17.5. The summed E-state index contributed by atoms with van der Waals surface area (Å²) in [5.41, 5.74) is 6.33. The quantitative estimate of drug-likeness (QED) is 0.220. The molecule has 0 saturated heterocycles. The first-order valence-corrected chi connectivity index (χ1v) is 11.8. The molecule has 36 heavy (non-hydrogen) atoms. The van der Waals surface area contributed by atoms with Gasteiger partial charge in [0.05, 0.1) is 10.9 Å². The van der Waals surface area contributed by atoms with E-state index in [4.69, 9.17) is 16.3 Å². The normalized spacial score (nSPS) is 15.1. The standard InChI is InChI=1S/C25H24ClFN8O/c1-4-22(35(28-2)29-3)31-21-11-16(7-8-30-21)17-12-23-32-33-25-18(14-36-24(13-17)34(23)25)9-15-5-6-20(27)19(26)10-15/h5-8,10-13,18,29H,2,4,9,14H2,1,3H3. The molecule has 5 rings (SSSR count). The Kier molecular flexibility index (Phi) is 6.62. The first-order valence-electron chi connectivity index (χ1n) is 11.4. The van der Waals surface area contributed by atoms with Crippen molar-refractivity contribution in [2.24, 2.45) is 10.1 Å². The molecule has 0 amide bonds. The van der Waals surface area contributed by atoms with E-state index >= 15 is 0 Å². The van der Waals surface area contributed by atoms with Gasteiger partial charge in [-0.05, 0) is 53.4 Å². The van der Waals surface area contributed by atoms with Crippen LogP contribution in [-0.4, -0.2) is 50.9 Å². The molecule has 1 aliphatic rings. The van der Waals surface area contributed by atoms with Crippen molar-refractivity contribution in [3.8, 4) is 17.0 Å². The number of hydrogen-bond donors (Lipinski definition) is 1. The van der Waals surface area contributed by atoms with Crippen LogP contribution in [0.4, 0.5) is 10.2 Å². The number of pyridine rings is 2. The summed E-state index contributed by atoms with van der Waals surface area (Å²) < 4.78 is 21.6. The number of nitrogens with one attached hydrogen (secondary N) is 1. The number of aromatic nitrogens is 4. The van der Waals surface area contributed by atoms with Gasteiger partial charge in [0.15, 0.2) is 11.5 Å². The van der Waals surface area contributed by atoms with Crippen LogP contribution in [0.1, 0.15) is 30.7 Å². The number of benzene rings is 1. The summed E-state index contributed by atoms with van der Waals surface area (Å²) in [5, 5.41) is 14.4. The van der Waals surface area contributed by atoms with Crippen LogP contribution >= 0.6 is 11.6 Å². The molecule has 4 heterocycles. The van der Waals surface area contributed by atoms with Gasteiger partial charge in [-0.15, -0.1) is 10.2 Å². The average molecular weight is 507 g/mol. The maximum absolute atomic E-state index is 13.6. The smallest absolute Gasteiger partial charge is 0.201 e. The van der Waals surface area contributed by atoms with Crippen molar-refractivity contribution in [2.75, 3.05) is 13.7 Å². The Bertz CT molecular complexity index is 1470. The summed E-state index contributed by atoms with van der Waals surface area (Å²) in [6.07, 6.45) is 2.96. The zero-order valence-electron chi connectivity index (χ0n) is 19.8. The summed E-state index contributed by atoms with van der Waals surface area (Å²) in [6.45, 7) is 5.97. The third-order valence-corrected chi connectivity index (χ3v) is 6.29. The molecule has 11 heteroatoms. The highest BCUT2D eigenvalue weighted by molar-refractivity contribution is 6.30. The predicted octanol–water partition coefficient (Wildman–Crippen LogP) is 4.79. The minimum absolute atomic E-state index is 0.0391. The van der Waals surface area contributed by atoms with E-state index in [1.165, 1.54) is 11.2 Å². The number of amidine groups is 1. The van der Waals surface area contributed by atoms with Gasteiger partial charge in [-0.25, -0.2) is 24.2 Å². The molecule has 0 radical (unpaired) electrons. The molecule has 9 nitrogen and oxygen atoms in total. The largest absolute Gasteiger partial charge is 0.478 e. The fraction of sp³-hybridized carbons (Fsp3) is 0.240. The topological polar surface area (TPSA) is 92.3 Å². The highest BCUT2D eigenvalue weighted by Gasteiger charge is 2.27. The maximum Gasteiger partial charge on any atom is 0.201 e. The molecule has 184 valence electrons. The third-order valence-electron chi connectivity index (χ3n) is 6.00. The molecule has 0 saturated carbocycles. The maximum atomic E-state index is 13.6. The Balaban J connectivity index is 1.46. The SMILES string of the molecule is C=NN(NC)C(CC)=Nc1cc(-c2cc3n4c(nnc4c2)C(Cc2ccc(F)c(Cl)c2)CO3)ccn1. The van der Waals surface area contributed by atoms with Gasteiger partial charge in [0.2, 0.25) is 5.88 Å². The van der Waals surface area contributed by atoms with E-state index in [2.05, 4.69) is 37.4 Å². The minimum atomic E-state index is -0.435. The molecule has 1 N–H and O–H groups in total. The fourth-order valence-corrected chi connectivity index (χ4v) is 4.46. The number of hydrazone groups is 1. The lowest BCUT2D eigenvalue weighted by molar-refractivity contribution is 0.245. The van der Waals surface area contributed by atoms with E-state index in [0.29, 0.717) is 42.6 Å². The van der Waals surface area contributed by atoms with Crippen molar-refractivity contribution in [1.29, 1.82) is 0 Å². The second-order valence-corrected chi connectivity index (χ2v) is 8.66. The van der Waals surface area contributed by atoms with Crippen molar-refractivity contribution in [2.45, 2.75) is 25.7 Å². The highest BCUT2D eigenvalue weighted by atomic mass is 35.5. The van der Waals surface area contributed by atoms with Gasteiger partial charge in [0, 0.05) is 32.4 Å². The van der Waals surface area contributed by atoms with Crippen LogP contribution in [-0.2, 0) is 6.42 Å². The Labute approximate surface area is 212 Å². The molecule has 1 unspecified atom stereocenters. The Hall–Kier alpha value is -3.89. The number of aliphatic imine (C=N–C) groups is 1. The van der Waals surface area contributed by atoms with Gasteiger partial charge in [0.25, 0.3) is 0 Å². The van der Waals surface area contributed by atoms with Crippen LogP contribution in [0, 0.1) is 5.82 Å². The van der Waals surface area contributed by atoms with Crippen molar-refractivity contribution < 1.29 is 9.13 Å². The van der Waals surface area contributed by atoms with E-state index in [0.717, 1.165) is 22.5 Å². The number of rotatable bonds is 7. The molecular weight excluding hydrogens is 483 g/mol. The lowest BCUT2D eigenvalue weighted by atomic mass is 9.98. The van der Waals surface area contributed by atoms with Crippen molar-refractivity contribution in [3.05, 3.63) is 70.9 Å². The lowest BCUT2D eigenvalue weighted by Gasteiger charge is -2.23. The molecule has 0 spiro atoms. The number of halogens is 2. The van der Waals surface area contributed by atoms with Crippen LogP contribution in [0.5, 0.6) is 5.88 Å². The second kappa shape index (κ2) is 10.00. The summed E-state index contributed by atoms with van der Waals surface area (Å²) in [6, 6.07) is 12.5. The third kappa shape index (κ3) is 4.52. The van der Waals surface area contributed by atoms with Gasteiger partial charge >= 0.3 is 0 Å². The lowest BCUT2D eigenvalue weighted by Crippen LogP contribution is -2.35. The highest BCUT2D eigenvalue weighted by Crippen LogP contribution is 2.34. The average Bonchev–Trinajstić information content (AvgIpc) is 3.33. The Morgan fingerprint density at radius 3 is 2.86 bits per heavy atom. The number of hydrogen-bond acceptors (Lipinski definition) is 7. The summed E-state index contributed by atoms with van der Waals surface area (Å²) in [5.74, 6) is 2.21. The summed E-state index contributed by atoms with van der Waals surface area (Å²) >= 11 is 5.96. The zero-order valence-corrected chi connectivity index (χ0v) is 20.6. The van der Waals surface area contributed by atoms with Gasteiger partial charge in [-0.2, -0.15) is 10.2 Å². The van der Waals surface area contributed by atoms with Gasteiger partial charge in [-0.1, -0.05) is 24.6 Å². The van der Waals surface area contributed by atoms with E-state index < -0.39 is 5.82 Å². The van der Waals surface area contributed by atoms with Gasteiger partial charge < -0.3 is 4.74 Å². The summed E-state index contributed by atoms with van der Waals surface area (Å²) in [7, 11) is 1.75. The molecular formula is C25H24ClFN8O. The minimum Gasteiger partial charge on any atom is -0.478 e. The Morgan fingerprint density at radius 2 is 2.11 bits per heavy atom. The van der Waals surface area contributed by atoms with E-state index in [9.17, 15) is 4.39 Å². The molecule has 1 atom stereocenters. The fourth-order valence-electron chi connectivity index (χ4n) is 4.25. The van der Waals surface area contributed by atoms with E-state index in [1.807, 2.05) is 35.6 Å². The monoisotopic (exact) mass is 506 g/mol. The molecule has 4 aromatic rings. The molecule has 0 fully saturated rings. The van der Waals surface area contributed by atoms with E-state index in [-0.39, 0.29) is 10.9 Å². The van der Waals surface area contributed by atoms with E-state index in [1.54, 1.807) is 25.4 Å². The predicted molar refractivity (Wildman–Crippen MR) is 137 cm³/mol. The van der Waals surface area contributed by atoms with Gasteiger partial charge in [0.1, 0.15) is 24.1 Å². The van der Waals surface area contributed by atoms with Crippen LogP contribution in [0.25, 0.3) is 16.8 Å². The second-order valence-electron chi connectivity index (χ2n) is 8.26. The van der Waals surface area contributed by atoms with Gasteiger partial charge in [-0.3, -0.25) is 0 Å². The summed E-state index contributed by atoms with van der Waals surface area (Å²) in [4.78, 5) is 9.01. The van der Waals surface area contributed by atoms with Crippen LogP contribution < -0.4 is 10.2 Å². The van der Waals surface area contributed by atoms with Crippen LogP contribution in [0.3, 0.4) is 0 Å². The zero-order chi connectivity index (χ0) is 25.2. The van der Waals surface area contributed by atoms with Crippen molar-refractivity contribution >= 4 is 35.6 Å². The first kappa shape index (κ1) is 23.8.